The van der Waals surface area contributed by atoms with E-state index in [0.717, 1.165) is 30.8 Å². The number of anilines is 2. The van der Waals surface area contributed by atoms with Gasteiger partial charge in [-0.15, -0.1) is 0 Å². The van der Waals surface area contributed by atoms with Crippen LogP contribution in [0.3, 0.4) is 0 Å². The highest BCUT2D eigenvalue weighted by molar-refractivity contribution is 5.84. The number of nitrogens with one attached hydrogen (secondary N) is 1. The molecule has 1 heterocycles. The predicted molar refractivity (Wildman–Crippen MR) is 79.3 cm³/mol. The Labute approximate surface area is 115 Å². The molecule has 0 atom stereocenters. The van der Waals surface area contributed by atoms with Crippen molar-refractivity contribution in [2.75, 3.05) is 23.7 Å². The first-order valence-electron chi connectivity index (χ1n) is 6.80. The van der Waals surface area contributed by atoms with Gasteiger partial charge in [-0.1, -0.05) is 12.1 Å². The highest BCUT2D eigenvalue weighted by Gasteiger charge is 2.22. The monoisotopic (exact) mass is 261 g/mol. The number of para-hydroxylation sites is 1. The fourth-order valence-corrected chi connectivity index (χ4v) is 2.56. The van der Waals surface area contributed by atoms with Gasteiger partial charge in [-0.3, -0.25) is 4.79 Å². The Balaban J connectivity index is 2.14. The smallest absolute Gasteiger partial charge is 0.239 e. The van der Waals surface area contributed by atoms with Crippen LogP contribution in [0.25, 0.3) is 0 Å². The summed E-state index contributed by atoms with van der Waals surface area (Å²) in [6, 6.07) is 5.98. The van der Waals surface area contributed by atoms with Crippen LogP contribution >= 0.6 is 0 Å². The largest absolute Gasteiger partial charge is 0.397 e. The zero-order valence-electron chi connectivity index (χ0n) is 12.0. The summed E-state index contributed by atoms with van der Waals surface area (Å²) in [5, 5.41) is 3.00. The molecule has 0 unspecified atom stereocenters. The summed E-state index contributed by atoms with van der Waals surface area (Å²) in [6.45, 7) is 7.23. The molecule has 1 amide bonds. The minimum absolute atomic E-state index is 0.0450. The van der Waals surface area contributed by atoms with E-state index in [0.29, 0.717) is 6.54 Å². The van der Waals surface area contributed by atoms with Crippen molar-refractivity contribution in [1.82, 2.24) is 5.32 Å². The van der Waals surface area contributed by atoms with Gasteiger partial charge in [0.2, 0.25) is 5.91 Å². The molecule has 0 spiro atoms. The van der Waals surface area contributed by atoms with E-state index in [2.05, 4.69) is 16.3 Å². The molecule has 4 nitrogen and oxygen atoms in total. The molecule has 104 valence electrons. The van der Waals surface area contributed by atoms with Gasteiger partial charge in [-0.25, -0.2) is 0 Å². The fourth-order valence-electron chi connectivity index (χ4n) is 2.56. The van der Waals surface area contributed by atoms with Gasteiger partial charge in [0.25, 0.3) is 0 Å². The molecule has 0 aromatic heterocycles. The Morgan fingerprint density at radius 1 is 1.42 bits per heavy atom. The van der Waals surface area contributed by atoms with Gasteiger partial charge in [-0.2, -0.15) is 0 Å². The third kappa shape index (κ3) is 3.40. The molecule has 3 N–H and O–H groups in total. The molecule has 1 aliphatic heterocycles. The molecule has 0 bridgehead atoms. The van der Waals surface area contributed by atoms with E-state index in [9.17, 15) is 4.79 Å². The van der Waals surface area contributed by atoms with Crippen LogP contribution in [0, 0.1) is 0 Å². The second-order valence-corrected chi connectivity index (χ2v) is 6.18. The standard InChI is InChI=1S/C15H23N3O/c1-15(2,3)17-13(19)10-18-9-5-7-11-6-4-8-12(16)14(11)18/h4,6,8H,5,7,9-10,16H2,1-3H3,(H,17,19). The molecule has 1 aromatic rings. The third-order valence-electron chi connectivity index (χ3n) is 3.19. The van der Waals surface area contributed by atoms with Crippen LogP contribution in [-0.4, -0.2) is 24.5 Å². The van der Waals surface area contributed by atoms with E-state index in [1.807, 2.05) is 32.9 Å². The van der Waals surface area contributed by atoms with Gasteiger partial charge in [0.15, 0.2) is 0 Å². The maximum Gasteiger partial charge on any atom is 0.239 e. The number of fused-ring (bicyclic) bond motifs is 1. The highest BCUT2D eigenvalue weighted by Crippen LogP contribution is 2.32. The van der Waals surface area contributed by atoms with Crippen molar-refractivity contribution in [2.45, 2.75) is 39.2 Å². The Kier molecular flexibility index (Phi) is 3.69. The van der Waals surface area contributed by atoms with Gasteiger partial charge >= 0.3 is 0 Å². The van der Waals surface area contributed by atoms with Crippen molar-refractivity contribution in [1.29, 1.82) is 0 Å². The molecule has 0 radical (unpaired) electrons. The van der Waals surface area contributed by atoms with Gasteiger partial charge < -0.3 is 16.0 Å². The summed E-state index contributed by atoms with van der Waals surface area (Å²) in [5.41, 5.74) is 8.91. The van der Waals surface area contributed by atoms with E-state index in [4.69, 9.17) is 5.73 Å². The normalized spacial score (nSPS) is 15.0. The Hall–Kier alpha value is -1.71. The first-order chi connectivity index (χ1) is 8.87. The van der Waals surface area contributed by atoms with Crippen LogP contribution in [0.15, 0.2) is 18.2 Å². The molecule has 0 aliphatic carbocycles. The second-order valence-electron chi connectivity index (χ2n) is 6.18. The SMILES string of the molecule is CC(C)(C)NC(=O)CN1CCCc2cccc(N)c21. The topological polar surface area (TPSA) is 58.4 Å². The summed E-state index contributed by atoms with van der Waals surface area (Å²) in [5.74, 6) is 0.0450. The van der Waals surface area contributed by atoms with Crippen LogP contribution in [0.5, 0.6) is 0 Å². The zero-order valence-corrected chi connectivity index (χ0v) is 12.0. The number of nitrogens with zero attached hydrogens (tertiary/aromatic N) is 1. The highest BCUT2D eigenvalue weighted by atomic mass is 16.2. The van der Waals surface area contributed by atoms with Crippen LogP contribution in [0.1, 0.15) is 32.8 Å². The lowest BCUT2D eigenvalue weighted by molar-refractivity contribution is -0.121. The number of hydrogen-bond acceptors (Lipinski definition) is 3. The molecule has 19 heavy (non-hydrogen) atoms. The van der Waals surface area contributed by atoms with E-state index in [-0.39, 0.29) is 11.4 Å². The molecule has 2 rings (SSSR count). The molecular formula is C15H23N3O. The first-order valence-corrected chi connectivity index (χ1v) is 6.80. The van der Waals surface area contributed by atoms with E-state index >= 15 is 0 Å². The van der Waals surface area contributed by atoms with E-state index in [1.54, 1.807) is 0 Å². The van der Waals surface area contributed by atoms with Crippen molar-refractivity contribution in [3.63, 3.8) is 0 Å². The minimum Gasteiger partial charge on any atom is -0.397 e. The number of benzene rings is 1. The average Bonchev–Trinajstić information content (AvgIpc) is 2.26. The summed E-state index contributed by atoms with van der Waals surface area (Å²) in [7, 11) is 0. The number of rotatable bonds is 2. The Morgan fingerprint density at radius 3 is 2.84 bits per heavy atom. The maximum absolute atomic E-state index is 12.1. The molecule has 4 heteroatoms. The van der Waals surface area contributed by atoms with Gasteiger partial charge in [-0.05, 0) is 45.2 Å². The molecule has 1 aliphatic rings. The van der Waals surface area contributed by atoms with Crippen LogP contribution < -0.4 is 16.0 Å². The van der Waals surface area contributed by atoms with Gasteiger partial charge in [0.05, 0.1) is 17.9 Å². The molecule has 1 aromatic carbocycles. The van der Waals surface area contributed by atoms with Crippen molar-refractivity contribution in [2.24, 2.45) is 0 Å². The number of amides is 1. The van der Waals surface area contributed by atoms with E-state index in [1.165, 1.54) is 5.56 Å². The van der Waals surface area contributed by atoms with Crippen LogP contribution in [0.2, 0.25) is 0 Å². The summed E-state index contributed by atoms with van der Waals surface area (Å²) < 4.78 is 0. The second kappa shape index (κ2) is 5.11. The van der Waals surface area contributed by atoms with Gasteiger partial charge in [0, 0.05) is 12.1 Å². The minimum atomic E-state index is -0.196. The molecule has 0 fully saturated rings. The van der Waals surface area contributed by atoms with Crippen molar-refractivity contribution in [3.05, 3.63) is 23.8 Å². The maximum atomic E-state index is 12.1. The average molecular weight is 261 g/mol. The van der Waals surface area contributed by atoms with Crippen molar-refractivity contribution >= 4 is 17.3 Å². The Bertz CT molecular complexity index is 477. The quantitative estimate of drug-likeness (QED) is 0.800. The van der Waals surface area contributed by atoms with Crippen LogP contribution in [-0.2, 0) is 11.2 Å². The number of hydrogen-bond donors (Lipinski definition) is 2. The lowest BCUT2D eigenvalue weighted by atomic mass is 10.0. The lowest BCUT2D eigenvalue weighted by Crippen LogP contribution is -2.47. The third-order valence-corrected chi connectivity index (χ3v) is 3.19. The van der Waals surface area contributed by atoms with Crippen molar-refractivity contribution < 1.29 is 4.79 Å². The zero-order chi connectivity index (χ0) is 14.0. The summed E-state index contributed by atoms with van der Waals surface area (Å²) in [6.07, 6.45) is 2.11. The van der Waals surface area contributed by atoms with Crippen molar-refractivity contribution in [3.8, 4) is 0 Å². The number of carbonyl (C=O) groups is 1. The fraction of sp³-hybridized carbons (Fsp3) is 0.533. The van der Waals surface area contributed by atoms with Gasteiger partial charge in [0.1, 0.15) is 0 Å². The molecule has 0 saturated heterocycles. The summed E-state index contributed by atoms with van der Waals surface area (Å²) in [4.78, 5) is 14.1. The Morgan fingerprint density at radius 2 is 2.16 bits per heavy atom. The molecule has 0 saturated carbocycles. The predicted octanol–water partition coefficient (Wildman–Crippen LogP) is 1.94. The lowest BCUT2D eigenvalue weighted by Gasteiger charge is -2.33. The number of carbonyl (C=O) groups excluding carboxylic acids is 1. The van der Waals surface area contributed by atoms with E-state index < -0.39 is 0 Å². The summed E-state index contributed by atoms with van der Waals surface area (Å²) >= 11 is 0. The molecular weight excluding hydrogens is 238 g/mol. The first kappa shape index (κ1) is 13.7. The number of nitrogens with two attached hydrogens (primary N) is 1. The number of aryl methyl sites for hydroxylation is 1. The van der Waals surface area contributed by atoms with Crippen LogP contribution in [0.4, 0.5) is 11.4 Å². The number of nitrogen functional groups attached to an aromatic ring is 1.